The van der Waals surface area contributed by atoms with Crippen molar-refractivity contribution in [3.05, 3.63) is 59.2 Å². The Morgan fingerprint density at radius 1 is 1.00 bits per heavy atom. The van der Waals surface area contributed by atoms with E-state index in [2.05, 4.69) is 32.0 Å². The molecule has 0 radical (unpaired) electrons. The molecule has 0 N–H and O–H groups in total. The molecule has 0 saturated heterocycles. The van der Waals surface area contributed by atoms with Gasteiger partial charge in [0.25, 0.3) is 0 Å². The normalized spacial score (nSPS) is 10.3. The number of hydrogen-bond acceptors (Lipinski definition) is 2. The fraction of sp³-hybridized carbons (Fsp3) is 0.294. The summed E-state index contributed by atoms with van der Waals surface area (Å²) in [4.78, 5) is 0. The summed E-state index contributed by atoms with van der Waals surface area (Å²) in [5, 5.41) is 0. The standard InChI is InChI=1S/C17H20O2/c1-4-14-9-15(11-16(10-14)18-3)12-19-17-8-6-5-7-13(17)2/h5-11H,4,12H2,1-3H3. The predicted octanol–water partition coefficient (Wildman–Crippen LogP) is 4.15. The number of aryl methyl sites for hydroxylation is 2. The van der Waals surface area contributed by atoms with Crippen LogP contribution in [0.5, 0.6) is 11.5 Å². The maximum absolute atomic E-state index is 5.87. The molecule has 0 saturated carbocycles. The van der Waals surface area contributed by atoms with Crippen molar-refractivity contribution in [2.24, 2.45) is 0 Å². The first-order valence-electron chi connectivity index (χ1n) is 6.58. The zero-order chi connectivity index (χ0) is 13.7. The number of methoxy groups -OCH3 is 1. The molecule has 0 aliphatic carbocycles. The van der Waals surface area contributed by atoms with Crippen molar-refractivity contribution in [3.8, 4) is 11.5 Å². The van der Waals surface area contributed by atoms with E-state index >= 15 is 0 Å². The third-order valence-electron chi connectivity index (χ3n) is 3.16. The first kappa shape index (κ1) is 13.5. The minimum absolute atomic E-state index is 0.565. The van der Waals surface area contributed by atoms with Crippen LogP contribution in [0.15, 0.2) is 42.5 Å². The molecule has 0 aromatic heterocycles. The lowest BCUT2D eigenvalue weighted by Gasteiger charge is -2.11. The van der Waals surface area contributed by atoms with Gasteiger partial charge < -0.3 is 9.47 Å². The van der Waals surface area contributed by atoms with Gasteiger partial charge in [0.05, 0.1) is 7.11 Å². The summed E-state index contributed by atoms with van der Waals surface area (Å²) in [5.74, 6) is 1.83. The van der Waals surface area contributed by atoms with Crippen molar-refractivity contribution in [1.29, 1.82) is 0 Å². The van der Waals surface area contributed by atoms with E-state index in [4.69, 9.17) is 9.47 Å². The lowest BCUT2D eigenvalue weighted by atomic mass is 10.1. The fourth-order valence-corrected chi connectivity index (χ4v) is 2.01. The van der Waals surface area contributed by atoms with Crippen LogP contribution < -0.4 is 9.47 Å². The van der Waals surface area contributed by atoms with Gasteiger partial charge in [-0.3, -0.25) is 0 Å². The average Bonchev–Trinajstić information content (AvgIpc) is 2.46. The molecule has 2 aromatic carbocycles. The summed E-state index contributed by atoms with van der Waals surface area (Å²) in [7, 11) is 1.70. The van der Waals surface area contributed by atoms with Crippen molar-refractivity contribution >= 4 is 0 Å². The number of rotatable bonds is 5. The molecule has 0 aliphatic heterocycles. The molecule has 2 rings (SSSR count). The topological polar surface area (TPSA) is 18.5 Å². The van der Waals surface area contributed by atoms with E-state index in [0.29, 0.717) is 6.61 Å². The Bertz CT molecular complexity index is 524. The van der Waals surface area contributed by atoms with E-state index in [1.807, 2.05) is 24.3 Å². The van der Waals surface area contributed by atoms with Crippen LogP contribution in [-0.4, -0.2) is 7.11 Å². The van der Waals surface area contributed by atoms with Crippen LogP contribution >= 0.6 is 0 Å². The van der Waals surface area contributed by atoms with Crippen molar-refractivity contribution < 1.29 is 9.47 Å². The van der Waals surface area contributed by atoms with Crippen molar-refractivity contribution in [2.45, 2.75) is 26.9 Å². The van der Waals surface area contributed by atoms with Crippen LogP contribution in [0.2, 0.25) is 0 Å². The van der Waals surface area contributed by atoms with Crippen LogP contribution in [-0.2, 0) is 13.0 Å². The summed E-state index contributed by atoms with van der Waals surface area (Å²) in [5.41, 5.74) is 3.56. The monoisotopic (exact) mass is 256 g/mol. The highest BCUT2D eigenvalue weighted by molar-refractivity contribution is 5.36. The summed E-state index contributed by atoms with van der Waals surface area (Å²) >= 11 is 0. The first-order chi connectivity index (χ1) is 9.22. The Morgan fingerprint density at radius 2 is 1.74 bits per heavy atom. The molecule has 0 unspecified atom stereocenters. The highest BCUT2D eigenvalue weighted by Crippen LogP contribution is 2.21. The van der Waals surface area contributed by atoms with Crippen LogP contribution in [0.3, 0.4) is 0 Å². The van der Waals surface area contributed by atoms with Crippen LogP contribution in [0.25, 0.3) is 0 Å². The second-order valence-electron chi connectivity index (χ2n) is 4.60. The molecule has 0 spiro atoms. The summed E-state index contributed by atoms with van der Waals surface area (Å²) < 4.78 is 11.2. The Balaban J connectivity index is 2.13. The van der Waals surface area contributed by atoms with Gasteiger partial charge in [0.2, 0.25) is 0 Å². The zero-order valence-electron chi connectivity index (χ0n) is 11.8. The van der Waals surface area contributed by atoms with Gasteiger partial charge in [-0.15, -0.1) is 0 Å². The molecule has 100 valence electrons. The molecule has 0 aliphatic rings. The van der Waals surface area contributed by atoms with E-state index < -0.39 is 0 Å². The lowest BCUT2D eigenvalue weighted by molar-refractivity contribution is 0.303. The van der Waals surface area contributed by atoms with Gasteiger partial charge in [-0.05, 0) is 48.2 Å². The number of ether oxygens (including phenoxy) is 2. The van der Waals surface area contributed by atoms with Gasteiger partial charge >= 0.3 is 0 Å². The minimum atomic E-state index is 0.565. The molecule has 19 heavy (non-hydrogen) atoms. The van der Waals surface area contributed by atoms with Crippen LogP contribution in [0.1, 0.15) is 23.6 Å². The second kappa shape index (κ2) is 6.28. The third kappa shape index (κ3) is 3.50. The maximum atomic E-state index is 5.87. The number of para-hydroxylation sites is 1. The maximum Gasteiger partial charge on any atom is 0.122 e. The van der Waals surface area contributed by atoms with Crippen LogP contribution in [0.4, 0.5) is 0 Å². The Hall–Kier alpha value is -1.96. The molecular weight excluding hydrogens is 236 g/mol. The Kier molecular flexibility index (Phi) is 4.45. The summed E-state index contributed by atoms with van der Waals surface area (Å²) in [6, 6.07) is 14.3. The molecule has 0 atom stereocenters. The van der Waals surface area contributed by atoms with Gasteiger partial charge in [0, 0.05) is 0 Å². The predicted molar refractivity (Wildman–Crippen MR) is 77.9 cm³/mol. The molecule has 2 aromatic rings. The van der Waals surface area contributed by atoms with Gasteiger partial charge in [-0.2, -0.15) is 0 Å². The number of hydrogen-bond donors (Lipinski definition) is 0. The molecular formula is C17H20O2. The van der Waals surface area contributed by atoms with Gasteiger partial charge in [0.15, 0.2) is 0 Å². The van der Waals surface area contributed by atoms with Gasteiger partial charge in [0.1, 0.15) is 18.1 Å². The molecule has 0 heterocycles. The molecule has 0 amide bonds. The van der Waals surface area contributed by atoms with Crippen LogP contribution in [0, 0.1) is 6.92 Å². The van der Waals surface area contributed by atoms with E-state index in [-0.39, 0.29) is 0 Å². The second-order valence-corrected chi connectivity index (χ2v) is 4.60. The van der Waals surface area contributed by atoms with E-state index in [9.17, 15) is 0 Å². The molecule has 2 nitrogen and oxygen atoms in total. The summed E-state index contributed by atoms with van der Waals surface area (Å²) in [6.07, 6.45) is 0.995. The zero-order valence-corrected chi connectivity index (χ0v) is 11.8. The lowest BCUT2D eigenvalue weighted by Crippen LogP contribution is -1.99. The molecule has 0 fully saturated rings. The van der Waals surface area contributed by atoms with Crippen molar-refractivity contribution in [2.75, 3.05) is 7.11 Å². The fourth-order valence-electron chi connectivity index (χ4n) is 2.01. The van der Waals surface area contributed by atoms with Gasteiger partial charge in [-0.25, -0.2) is 0 Å². The largest absolute Gasteiger partial charge is 0.497 e. The Morgan fingerprint density at radius 3 is 2.42 bits per heavy atom. The number of benzene rings is 2. The average molecular weight is 256 g/mol. The first-order valence-corrected chi connectivity index (χ1v) is 6.58. The SMILES string of the molecule is CCc1cc(COc2ccccc2C)cc(OC)c1. The van der Waals surface area contributed by atoms with E-state index in [0.717, 1.165) is 29.0 Å². The quantitative estimate of drug-likeness (QED) is 0.800. The third-order valence-corrected chi connectivity index (χ3v) is 3.16. The smallest absolute Gasteiger partial charge is 0.122 e. The molecule has 2 heteroatoms. The highest BCUT2D eigenvalue weighted by atomic mass is 16.5. The molecule has 0 bridgehead atoms. The Labute approximate surface area is 115 Å². The van der Waals surface area contributed by atoms with E-state index in [1.165, 1.54) is 5.56 Å². The highest BCUT2D eigenvalue weighted by Gasteiger charge is 2.03. The van der Waals surface area contributed by atoms with Crippen molar-refractivity contribution in [1.82, 2.24) is 0 Å². The minimum Gasteiger partial charge on any atom is -0.497 e. The van der Waals surface area contributed by atoms with Gasteiger partial charge in [-0.1, -0.05) is 31.2 Å². The van der Waals surface area contributed by atoms with E-state index in [1.54, 1.807) is 7.11 Å². The van der Waals surface area contributed by atoms with Crippen molar-refractivity contribution in [3.63, 3.8) is 0 Å². The summed E-state index contributed by atoms with van der Waals surface area (Å²) in [6.45, 7) is 4.76.